The molecule has 0 radical (unpaired) electrons. The highest BCUT2D eigenvalue weighted by Crippen LogP contribution is 2.38. The predicted octanol–water partition coefficient (Wildman–Crippen LogP) is 20.1. The fraction of sp³-hybridized carbons (Fsp3) is 0.571. The van der Waals surface area contributed by atoms with Crippen LogP contribution >= 0.6 is 11.7 Å². The van der Waals surface area contributed by atoms with Crippen molar-refractivity contribution in [1.82, 2.24) is 58.9 Å². The molecule has 0 bridgehead atoms. The van der Waals surface area contributed by atoms with Crippen molar-refractivity contribution in [3.05, 3.63) is 245 Å². The van der Waals surface area contributed by atoms with E-state index in [1.165, 1.54) is 22.9 Å². The first kappa shape index (κ1) is 116. The molecule has 0 amide bonds. The molecular formula is C98H152N12O13S5. The maximum atomic E-state index is 11.7. The molecule has 11 rings (SSSR count). The largest absolute Gasteiger partial charge is 0.491 e. The van der Waals surface area contributed by atoms with E-state index in [1.54, 1.807) is 76.0 Å². The highest BCUT2D eigenvalue weighted by Gasteiger charge is 2.32. The summed E-state index contributed by atoms with van der Waals surface area (Å²) in [5.74, 6) is 11.4. The molecule has 1 aliphatic heterocycles. The Kier molecular flexibility index (Phi) is 56.6. The molecule has 3 aromatic carbocycles. The summed E-state index contributed by atoms with van der Waals surface area (Å²) >= 11 is 1.28. The van der Waals surface area contributed by atoms with E-state index in [4.69, 9.17) is 13.8 Å². The highest BCUT2D eigenvalue weighted by molar-refractivity contribution is 7.91. The lowest BCUT2D eigenvalue weighted by Gasteiger charge is -2.32. The van der Waals surface area contributed by atoms with Crippen LogP contribution in [0.5, 0.6) is 5.75 Å². The van der Waals surface area contributed by atoms with Gasteiger partial charge in [0.05, 0.1) is 93.5 Å². The van der Waals surface area contributed by atoms with Crippen molar-refractivity contribution in [3.8, 4) is 5.75 Å². The van der Waals surface area contributed by atoms with Gasteiger partial charge in [0.2, 0.25) is 11.8 Å². The van der Waals surface area contributed by atoms with E-state index in [9.17, 15) is 43.9 Å². The lowest BCUT2D eigenvalue weighted by atomic mass is 9.82. The van der Waals surface area contributed by atoms with E-state index in [2.05, 4.69) is 128 Å². The average Bonchev–Trinajstić information content (AvgIpc) is 1.02. The van der Waals surface area contributed by atoms with Gasteiger partial charge in [0, 0.05) is 68.2 Å². The van der Waals surface area contributed by atoms with Crippen molar-refractivity contribution in [2.45, 2.75) is 265 Å². The Bertz CT molecular complexity index is 4760. The minimum Gasteiger partial charge on any atom is -0.491 e. The number of rotatable bonds is 33. The Morgan fingerprint density at radius 1 is 0.422 bits per heavy atom. The number of benzene rings is 3. The zero-order valence-corrected chi connectivity index (χ0v) is 84.9. The smallest absolute Gasteiger partial charge is 0.232 e. The van der Waals surface area contributed by atoms with Crippen LogP contribution in [0.3, 0.4) is 0 Å². The van der Waals surface area contributed by atoms with Gasteiger partial charge in [-0.25, -0.2) is 53.6 Å². The van der Waals surface area contributed by atoms with Crippen LogP contribution in [-0.2, 0) is 88.7 Å². The molecule has 2 N–H and O–H groups in total. The van der Waals surface area contributed by atoms with Gasteiger partial charge in [-0.15, -0.1) is 0 Å². The molecule has 8 heterocycles. The Morgan fingerprint density at radius 2 is 0.898 bits per heavy atom. The lowest BCUT2D eigenvalue weighted by Crippen LogP contribution is -2.33. The number of hydrogen-bond donors (Lipinski definition) is 2. The molecule has 7 aromatic heterocycles. The summed E-state index contributed by atoms with van der Waals surface area (Å²) in [6.45, 7) is 49.6. The first-order chi connectivity index (χ1) is 60.1. The molecule has 0 spiro atoms. The van der Waals surface area contributed by atoms with Crippen molar-refractivity contribution < 1.29 is 57.7 Å². The van der Waals surface area contributed by atoms with Gasteiger partial charge >= 0.3 is 0 Å². The van der Waals surface area contributed by atoms with Crippen LogP contribution in [0.25, 0.3) is 0 Å². The fourth-order valence-electron chi connectivity index (χ4n) is 12.2. The number of nitrogens with zero attached hydrogens (tertiary/aromatic N) is 12. The van der Waals surface area contributed by atoms with E-state index in [1.807, 2.05) is 192 Å². The van der Waals surface area contributed by atoms with E-state index in [0.29, 0.717) is 107 Å². The standard InChI is InChI=1S/C13H20O2S.C12H18O2S.C12H16O2.2C11H17NO2S.C9H16N2O2.C9H14N2.C8H12N2.C7H12N2O.C6H10N2S/c1-12(2)8-10-16(14,15)11-9-13-6-4-3-5-7-13;1-11(2)8-9-15(13,14)10-12-6-4-3-5-7-12;1-8(2)12-9-5-3-4-6-11(9)14-7-10(12)13;1-10(2)5-7-15(13,14)9-11-4-3-6-12-8-11;1-10(2)6-8-15(13,14)9-11-5-3-4-7-12-11;1-5(2)8(6(3)12)9-10-7(4)11-13-9;1-7(2)4-9-5-10-8(3)11-6-9;1-7(2)3-8-4-9-6-10-5-8;1-5(2)4-7-8-6(3)10-9-7;1-5(2)3-6-4-7-9-8-6/h3-7,12H,8-11H2,1-2H3;3-7,11H,8-10H2,1-2H3;3-6,8,10,12-13H,7H2,1-2H3;3-4,6,8,10H,5,7,9H2,1-2H3;3-5,7,10H,6,8-9H2,1-2H3;5-6,8,12H,1-4H3;5-7H,4H2,1-3H3;4-7H,3H2,1-2H3;5H,4H2,1-3H3;4-5H,3H2,1-2H3/t;;10-,12+;;;6-,8+;;;;/m..1..1..../s1. The molecule has 0 fully saturated rings. The molecule has 0 saturated heterocycles. The molecule has 10 aromatic rings. The molecule has 1 aliphatic rings. The van der Waals surface area contributed by atoms with E-state index < -0.39 is 45.5 Å². The van der Waals surface area contributed by atoms with Gasteiger partial charge in [0.25, 0.3) is 0 Å². The van der Waals surface area contributed by atoms with E-state index >= 15 is 0 Å². The van der Waals surface area contributed by atoms with Crippen LogP contribution in [0.1, 0.15) is 257 Å². The summed E-state index contributed by atoms with van der Waals surface area (Å²) in [6, 6.07) is 36.0. The molecule has 0 aliphatic carbocycles. The molecule has 712 valence electrons. The zero-order chi connectivity index (χ0) is 96.0. The SMILES string of the molecule is CC(C)CCS(=O)(=O)CCc1ccccc1.CC(C)CCS(=O)(=O)Cc1ccccc1.CC(C)CCS(=O)(=O)Cc1ccccn1.CC(C)CCS(=O)(=O)Cc1cccnc1.CC(C)Cc1cncnc1.CC(C)Cc1cnsn1.CC(C)[C@H]1c2ccccc2OC[C@H]1O.Cc1nc(CC(C)C)no1.Cc1ncc(CC(C)C)cn1.Cc1noc([C@@H](C(C)C)[C@@H](C)O)n1. The van der Waals surface area contributed by atoms with Gasteiger partial charge in [-0.1, -0.05) is 240 Å². The number of aryl methyl sites for hydroxylation is 4. The maximum absolute atomic E-state index is 11.7. The van der Waals surface area contributed by atoms with Gasteiger partial charge in [-0.05, 0) is 183 Å². The average molecular weight is 1870 g/mol. The van der Waals surface area contributed by atoms with Gasteiger partial charge < -0.3 is 24.0 Å². The number of fused-ring (bicyclic) bond motifs is 1. The number of ether oxygens (including phenoxy) is 1. The van der Waals surface area contributed by atoms with Gasteiger partial charge in [0.15, 0.2) is 51.0 Å². The summed E-state index contributed by atoms with van der Waals surface area (Å²) in [5, 5.41) is 26.9. The van der Waals surface area contributed by atoms with Crippen LogP contribution in [-0.4, -0.2) is 150 Å². The number of sulfone groups is 4. The Morgan fingerprint density at radius 3 is 1.34 bits per heavy atom. The third kappa shape index (κ3) is 56.8. The van der Waals surface area contributed by atoms with Crippen LogP contribution in [0.4, 0.5) is 0 Å². The molecular weight excluding hydrogens is 1710 g/mol. The number of aromatic nitrogens is 12. The molecule has 128 heavy (non-hydrogen) atoms. The second-order valence-electron chi connectivity index (χ2n) is 36.3. The molecule has 0 saturated carbocycles. The second-order valence-corrected chi connectivity index (χ2v) is 45.8. The Balaban J connectivity index is 0.000000484. The highest BCUT2D eigenvalue weighted by atomic mass is 32.2. The third-order valence-electron chi connectivity index (χ3n) is 18.8. The molecule has 25 nitrogen and oxygen atoms in total. The van der Waals surface area contributed by atoms with Crippen molar-refractivity contribution in [3.63, 3.8) is 0 Å². The second kappa shape index (κ2) is 62.7. The van der Waals surface area contributed by atoms with Gasteiger partial charge in [-0.3, -0.25) is 9.97 Å². The Hall–Kier alpha value is -8.52. The predicted molar refractivity (Wildman–Crippen MR) is 520 cm³/mol. The summed E-state index contributed by atoms with van der Waals surface area (Å²) in [7, 11) is -11.8. The van der Waals surface area contributed by atoms with Crippen molar-refractivity contribution >= 4 is 51.1 Å². The number of aliphatic hydroxyl groups is 2. The Labute approximate surface area is 773 Å². The topological polar surface area (TPSA) is 367 Å². The number of pyridine rings is 2. The van der Waals surface area contributed by atoms with E-state index in [0.717, 1.165) is 96.7 Å². The van der Waals surface area contributed by atoms with Crippen molar-refractivity contribution in [2.24, 2.45) is 59.2 Å². The van der Waals surface area contributed by atoms with Crippen LogP contribution in [0.2, 0.25) is 0 Å². The molecule has 4 atom stereocenters. The summed E-state index contributed by atoms with van der Waals surface area (Å²) < 4.78 is 117. The normalized spacial score (nSPS) is 13.4. The van der Waals surface area contributed by atoms with Crippen molar-refractivity contribution in [2.75, 3.05) is 35.4 Å². The fourth-order valence-corrected chi connectivity index (χ4v) is 19.2. The van der Waals surface area contributed by atoms with E-state index in [-0.39, 0.29) is 52.5 Å². The molecule has 0 unspecified atom stereocenters. The summed E-state index contributed by atoms with van der Waals surface area (Å²) in [5.41, 5.74) is 8.07. The number of para-hydroxylation sites is 1. The minimum atomic E-state index is -2.99. The zero-order valence-electron chi connectivity index (χ0n) is 80.8. The quantitative estimate of drug-likeness (QED) is 0.0386. The summed E-state index contributed by atoms with van der Waals surface area (Å²) in [4.78, 5) is 32.2. The lowest BCUT2D eigenvalue weighted by molar-refractivity contribution is 0.0516. The molecule has 30 heteroatoms. The van der Waals surface area contributed by atoms with Gasteiger partial charge in [0.1, 0.15) is 24.5 Å². The van der Waals surface area contributed by atoms with Crippen molar-refractivity contribution in [1.29, 1.82) is 0 Å². The van der Waals surface area contributed by atoms with Crippen LogP contribution in [0.15, 0.2) is 180 Å². The maximum Gasteiger partial charge on any atom is 0.232 e. The number of aliphatic hydroxyl groups excluding tert-OH is 2. The monoisotopic (exact) mass is 1870 g/mol. The summed E-state index contributed by atoms with van der Waals surface area (Å²) in [6.07, 6.45) is 22.6. The minimum absolute atomic E-state index is 0.0561. The van der Waals surface area contributed by atoms with Gasteiger partial charge in [-0.2, -0.15) is 18.7 Å². The third-order valence-corrected chi connectivity index (χ3v) is 25.9. The van der Waals surface area contributed by atoms with Crippen LogP contribution in [0, 0.1) is 80.0 Å². The van der Waals surface area contributed by atoms with Crippen LogP contribution < -0.4 is 4.74 Å². The first-order valence-corrected chi connectivity index (χ1v) is 52.8. The number of hydrogen-bond acceptors (Lipinski definition) is 26. The first-order valence-electron chi connectivity index (χ1n) is 44.8.